The molecule has 0 spiro atoms. The predicted octanol–water partition coefficient (Wildman–Crippen LogP) is 8.51. The number of hydrogen-bond donors (Lipinski definition) is 0. The molecule has 0 heterocycles. The zero-order valence-corrected chi connectivity index (χ0v) is 21.0. The van der Waals surface area contributed by atoms with Gasteiger partial charge in [-0.2, -0.15) is 0 Å². The van der Waals surface area contributed by atoms with Crippen LogP contribution in [0.4, 0.5) is 0 Å². The van der Waals surface area contributed by atoms with Crippen LogP contribution in [0.15, 0.2) is 0 Å². The Bertz CT molecular complexity index is 259. The van der Waals surface area contributed by atoms with Crippen LogP contribution in [-0.2, 0) is 17.1 Å². The second-order valence-corrected chi connectivity index (χ2v) is 9.32. The molecule has 0 aliphatic rings. The third-order valence-electron chi connectivity index (χ3n) is 7.28. The molecule has 0 rings (SSSR count). The van der Waals surface area contributed by atoms with E-state index in [0.29, 0.717) is 0 Å². The molecule has 27 heavy (non-hydrogen) atoms. The van der Waals surface area contributed by atoms with E-state index in [2.05, 4.69) is 48.6 Å². The fraction of sp³-hybridized carbons (Fsp3) is 1.00. The summed E-state index contributed by atoms with van der Waals surface area (Å²) in [7, 11) is 2.60. The van der Waals surface area contributed by atoms with Gasteiger partial charge in [-0.25, -0.2) is 0 Å². The Labute approximate surface area is 184 Å². The number of unbranched alkanes of at least 4 members (excludes halogenated alkanes) is 9. The van der Waals surface area contributed by atoms with Crippen LogP contribution in [-0.4, -0.2) is 29.7 Å². The number of quaternary nitrogens is 1. The molecule has 0 saturated carbocycles. The SMILES string of the molecule is CCCCCCC(C)[N+](C)(C(C)CCCCCC)C(C)CCCCCC.[Cu+2]. The van der Waals surface area contributed by atoms with E-state index in [0.717, 1.165) is 18.1 Å². The first-order chi connectivity index (χ1) is 12.4. The summed E-state index contributed by atoms with van der Waals surface area (Å²) < 4.78 is 1.31. The van der Waals surface area contributed by atoms with Gasteiger partial charge in [0, 0.05) is 0 Å². The fourth-order valence-electron chi connectivity index (χ4n) is 4.74. The summed E-state index contributed by atoms with van der Waals surface area (Å²) in [5.41, 5.74) is 0. The van der Waals surface area contributed by atoms with Gasteiger partial charge in [-0.3, -0.25) is 0 Å². The molecule has 0 aromatic carbocycles. The van der Waals surface area contributed by atoms with E-state index in [-0.39, 0.29) is 17.1 Å². The van der Waals surface area contributed by atoms with Crippen molar-refractivity contribution in [3.8, 4) is 0 Å². The van der Waals surface area contributed by atoms with Crippen LogP contribution < -0.4 is 0 Å². The third-order valence-corrected chi connectivity index (χ3v) is 7.28. The first-order valence-corrected chi connectivity index (χ1v) is 12.3. The molecule has 0 fully saturated rings. The fourth-order valence-corrected chi connectivity index (χ4v) is 4.74. The van der Waals surface area contributed by atoms with Gasteiger partial charge in [-0.05, 0) is 59.3 Å². The smallest absolute Gasteiger partial charge is 0.319 e. The van der Waals surface area contributed by atoms with Crippen molar-refractivity contribution < 1.29 is 21.6 Å². The van der Waals surface area contributed by atoms with Crippen molar-refractivity contribution in [3.05, 3.63) is 0 Å². The molecule has 0 aromatic heterocycles. The molecular weight excluding hydrogens is 378 g/mol. The number of rotatable bonds is 18. The van der Waals surface area contributed by atoms with Gasteiger partial charge in [0.25, 0.3) is 0 Å². The molecule has 0 N–H and O–H groups in total. The van der Waals surface area contributed by atoms with Gasteiger partial charge in [0.05, 0.1) is 25.2 Å². The molecular formula is C25H54CuN+3. The van der Waals surface area contributed by atoms with Crippen molar-refractivity contribution in [3.63, 3.8) is 0 Å². The Morgan fingerprint density at radius 3 is 0.963 bits per heavy atom. The molecule has 0 bridgehead atoms. The summed E-state index contributed by atoms with van der Waals surface area (Å²) in [6.07, 6.45) is 21.1. The van der Waals surface area contributed by atoms with Crippen molar-refractivity contribution >= 4 is 0 Å². The largest absolute Gasteiger partial charge is 2.00 e. The molecule has 0 aromatic rings. The molecule has 0 amide bonds. The van der Waals surface area contributed by atoms with Gasteiger partial charge >= 0.3 is 17.1 Å². The topological polar surface area (TPSA) is 0 Å². The summed E-state index contributed by atoms with van der Waals surface area (Å²) in [6.45, 7) is 14.6. The number of nitrogens with zero attached hydrogens (tertiary/aromatic N) is 1. The monoisotopic (exact) mass is 431 g/mol. The molecule has 0 saturated heterocycles. The quantitative estimate of drug-likeness (QED) is 0.116. The molecule has 167 valence electrons. The second kappa shape index (κ2) is 18.5. The molecule has 3 atom stereocenters. The molecule has 2 heteroatoms. The van der Waals surface area contributed by atoms with Crippen LogP contribution in [0.3, 0.4) is 0 Å². The van der Waals surface area contributed by atoms with Gasteiger partial charge in [-0.15, -0.1) is 0 Å². The summed E-state index contributed by atoms with van der Waals surface area (Å²) in [5.74, 6) is 0. The van der Waals surface area contributed by atoms with Crippen LogP contribution in [0.25, 0.3) is 0 Å². The Balaban J connectivity index is 0. The third kappa shape index (κ3) is 11.9. The van der Waals surface area contributed by atoms with Gasteiger partial charge in [0.15, 0.2) is 0 Å². The Morgan fingerprint density at radius 1 is 0.481 bits per heavy atom. The Hall–Kier alpha value is 0.479. The average molecular weight is 432 g/mol. The van der Waals surface area contributed by atoms with Crippen LogP contribution in [0.2, 0.25) is 0 Å². The molecule has 3 unspecified atom stereocenters. The maximum absolute atomic E-state index is 2.60. The van der Waals surface area contributed by atoms with Crippen molar-refractivity contribution in [2.24, 2.45) is 0 Å². The summed E-state index contributed by atoms with van der Waals surface area (Å²) in [6, 6.07) is 2.40. The predicted molar refractivity (Wildman–Crippen MR) is 121 cm³/mol. The van der Waals surface area contributed by atoms with Gasteiger partial charge < -0.3 is 4.48 Å². The molecule has 0 aliphatic heterocycles. The zero-order chi connectivity index (χ0) is 19.8. The first-order valence-electron chi connectivity index (χ1n) is 12.3. The van der Waals surface area contributed by atoms with E-state index in [1.54, 1.807) is 0 Å². The minimum atomic E-state index is 0. The first kappa shape index (κ1) is 29.7. The standard InChI is InChI=1S/C25H54N.Cu/c1-8-11-14-17-20-23(4)26(7,24(5)21-18-15-12-9-2)25(6)22-19-16-13-10-3;/h23-25H,8-22H2,1-7H3;/q+1;+2. The van der Waals surface area contributed by atoms with Gasteiger partial charge in [0.2, 0.25) is 0 Å². The van der Waals surface area contributed by atoms with Crippen molar-refractivity contribution in [2.45, 2.75) is 156 Å². The van der Waals surface area contributed by atoms with Crippen LogP contribution in [0, 0.1) is 0 Å². The van der Waals surface area contributed by atoms with Crippen LogP contribution in [0.1, 0.15) is 138 Å². The van der Waals surface area contributed by atoms with E-state index in [4.69, 9.17) is 0 Å². The van der Waals surface area contributed by atoms with Crippen molar-refractivity contribution in [1.29, 1.82) is 0 Å². The number of hydrogen-bond acceptors (Lipinski definition) is 0. The summed E-state index contributed by atoms with van der Waals surface area (Å²) >= 11 is 0. The minimum absolute atomic E-state index is 0. The average Bonchev–Trinajstić information content (AvgIpc) is 2.64. The summed E-state index contributed by atoms with van der Waals surface area (Å²) in [4.78, 5) is 0. The molecule has 1 nitrogen and oxygen atoms in total. The molecule has 0 aliphatic carbocycles. The maximum atomic E-state index is 2.60. The van der Waals surface area contributed by atoms with E-state index >= 15 is 0 Å². The van der Waals surface area contributed by atoms with E-state index in [1.807, 2.05) is 0 Å². The zero-order valence-electron chi connectivity index (χ0n) is 20.1. The maximum Gasteiger partial charge on any atom is 2.00 e. The van der Waals surface area contributed by atoms with E-state index in [1.165, 1.54) is 101 Å². The minimum Gasteiger partial charge on any atom is -0.319 e. The van der Waals surface area contributed by atoms with Crippen LogP contribution >= 0.6 is 0 Å². The summed E-state index contributed by atoms with van der Waals surface area (Å²) in [5, 5.41) is 0. The van der Waals surface area contributed by atoms with E-state index < -0.39 is 0 Å². The normalized spacial score (nSPS) is 17.0. The van der Waals surface area contributed by atoms with Crippen molar-refractivity contribution in [2.75, 3.05) is 7.05 Å². The Kier molecular flexibility index (Phi) is 20.3. The second-order valence-electron chi connectivity index (χ2n) is 9.32. The molecule has 1 radical (unpaired) electrons. The van der Waals surface area contributed by atoms with Gasteiger partial charge in [0.1, 0.15) is 0 Å². The van der Waals surface area contributed by atoms with Crippen molar-refractivity contribution in [1.82, 2.24) is 0 Å². The van der Waals surface area contributed by atoms with Gasteiger partial charge in [-0.1, -0.05) is 78.6 Å². The van der Waals surface area contributed by atoms with Crippen LogP contribution in [0.5, 0.6) is 0 Å². The Morgan fingerprint density at radius 2 is 0.741 bits per heavy atom. The van der Waals surface area contributed by atoms with E-state index in [9.17, 15) is 0 Å².